The van der Waals surface area contributed by atoms with Gasteiger partial charge in [-0.05, 0) is 11.6 Å². The highest BCUT2D eigenvalue weighted by molar-refractivity contribution is 6.48. The van der Waals surface area contributed by atoms with Gasteiger partial charge in [0.15, 0.2) is 0 Å². The monoisotopic (exact) mass is 291 g/mol. The van der Waals surface area contributed by atoms with Gasteiger partial charge in [0.2, 0.25) is 0 Å². The molecule has 1 unspecified atom stereocenters. The third kappa shape index (κ3) is 3.50. The number of ether oxygens (including phenoxy) is 1. The molecular weight excluding hydrogens is 284 g/mol. The Morgan fingerprint density at radius 1 is 1.41 bits per heavy atom. The molecule has 0 aliphatic heterocycles. The lowest BCUT2D eigenvalue weighted by molar-refractivity contribution is -0.141. The quantitative estimate of drug-likeness (QED) is 0.628. The van der Waals surface area contributed by atoms with Crippen molar-refractivity contribution < 1.29 is 9.53 Å². The number of carbonyl (C=O) groups is 1. The number of halogens is 3. The molecule has 0 bridgehead atoms. The highest BCUT2D eigenvalue weighted by Gasteiger charge is 2.18. The first-order valence-corrected chi connectivity index (χ1v) is 5.77. The Hall–Kier alpha value is -0.950. The molecule has 0 aliphatic carbocycles. The zero-order chi connectivity index (χ0) is 13.0. The maximum Gasteiger partial charge on any atom is 0.302 e. The van der Waals surface area contributed by atoms with Crippen molar-refractivity contribution in [1.82, 2.24) is 0 Å². The number of nitrogens with zero attached hydrogens (tertiary/aromatic N) is 1. The van der Waals surface area contributed by atoms with E-state index in [1.54, 1.807) is 12.1 Å². The normalized spacial score (nSPS) is 11.7. The predicted octanol–water partition coefficient (Wildman–Crippen LogP) is 3.82. The van der Waals surface area contributed by atoms with E-state index in [0.717, 1.165) is 0 Å². The second kappa shape index (κ2) is 6.11. The fourth-order valence-corrected chi connectivity index (χ4v) is 1.88. The molecule has 3 nitrogen and oxygen atoms in total. The average Bonchev–Trinajstić information content (AvgIpc) is 2.29. The second-order valence-corrected chi connectivity index (χ2v) is 4.41. The summed E-state index contributed by atoms with van der Waals surface area (Å²) in [5.41, 5.74) is 0.491. The zero-order valence-corrected chi connectivity index (χ0v) is 11.1. The van der Waals surface area contributed by atoms with Crippen LogP contribution < -0.4 is 0 Å². The van der Waals surface area contributed by atoms with Gasteiger partial charge in [0.25, 0.3) is 0 Å². The lowest BCUT2D eigenvalue weighted by Gasteiger charge is -2.12. The van der Waals surface area contributed by atoms with Gasteiger partial charge in [0.05, 0.1) is 21.1 Å². The van der Waals surface area contributed by atoms with E-state index < -0.39 is 11.9 Å². The first-order chi connectivity index (χ1) is 7.97. The van der Waals surface area contributed by atoms with Crippen LogP contribution in [0.2, 0.25) is 15.1 Å². The Bertz CT molecular complexity index is 482. The maximum absolute atomic E-state index is 10.7. The average molecular weight is 293 g/mol. The number of rotatable bonds is 3. The highest BCUT2D eigenvalue weighted by Crippen LogP contribution is 2.36. The first-order valence-electron chi connectivity index (χ1n) is 4.63. The molecule has 17 heavy (non-hydrogen) atoms. The molecule has 0 saturated carbocycles. The largest absolute Gasteiger partial charge is 0.464 e. The van der Waals surface area contributed by atoms with Crippen molar-refractivity contribution in [1.29, 1.82) is 5.26 Å². The molecule has 0 N–H and O–H groups in total. The van der Waals surface area contributed by atoms with Crippen LogP contribution in [0.3, 0.4) is 0 Å². The summed E-state index contributed by atoms with van der Waals surface area (Å²) in [6, 6.07) is 5.13. The van der Waals surface area contributed by atoms with E-state index >= 15 is 0 Å². The Morgan fingerprint density at radius 3 is 2.59 bits per heavy atom. The topological polar surface area (TPSA) is 50.1 Å². The standard InChI is InChI=1S/C11H8Cl3NO2/c1-6(16)17-5-7(4-15)8-2-3-9(12)11(14)10(8)13/h2-3,7H,5H2,1H3. The summed E-state index contributed by atoms with van der Waals surface area (Å²) < 4.78 is 4.78. The van der Waals surface area contributed by atoms with E-state index in [2.05, 4.69) is 0 Å². The van der Waals surface area contributed by atoms with E-state index in [4.69, 9.17) is 44.8 Å². The SMILES string of the molecule is CC(=O)OCC(C#N)c1ccc(Cl)c(Cl)c1Cl. The molecule has 0 amide bonds. The number of benzene rings is 1. The van der Waals surface area contributed by atoms with E-state index in [1.807, 2.05) is 6.07 Å². The molecule has 1 aromatic carbocycles. The van der Waals surface area contributed by atoms with Crippen molar-refractivity contribution in [2.24, 2.45) is 0 Å². The van der Waals surface area contributed by atoms with E-state index in [-0.39, 0.29) is 16.7 Å². The Morgan fingerprint density at radius 2 is 2.06 bits per heavy atom. The Labute approximate surface area is 114 Å². The summed E-state index contributed by atoms with van der Waals surface area (Å²) in [6.07, 6.45) is 0. The lowest BCUT2D eigenvalue weighted by atomic mass is 10.0. The van der Waals surface area contributed by atoms with Crippen LogP contribution in [0, 0.1) is 11.3 Å². The first kappa shape index (κ1) is 14.1. The van der Waals surface area contributed by atoms with Crippen molar-refractivity contribution in [2.45, 2.75) is 12.8 Å². The highest BCUT2D eigenvalue weighted by atomic mass is 35.5. The van der Waals surface area contributed by atoms with Crippen LogP contribution in [0.5, 0.6) is 0 Å². The number of hydrogen-bond acceptors (Lipinski definition) is 3. The number of esters is 1. The van der Waals surface area contributed by atoms with Crippen molar-refractivity contribution in [3.8, 4) is 6.07 Å². The fraction of sp³-hybridized carbons (Fsp3) is 0.273. The third-order valence-corrected chi connectivity index (χ3v) is 3.36. The minimum atomic E-state index is -0.666. The van der Waals surface area contributed by atoms with Crippen molar-refractivity contribution in [2.75, 3.05) is 6.61 Å². The summed E-state index contributed by atoms with van der Waals surface area (Å²) >= 11 is 17.6. The van der Waals surface area contributed by atoms with E-state index in [9.17, 15) is 4.79 Å². The van der Waals surface area contributed by atoms with Gasteiger partial charge in [-0.3, -0.25) is 4.79 Å². The summed E-state index contributed by atoms with van der Waals surface area (Å²) in [4.78, 5) is 10.7. The fourth-order valence-electron chi connectivity index (χ4n) is 1.21. The molecule has 0 radical (unpaired) electrons. The Balaban J connectivity index is 3.01. The van der Waals surface area contributed by atoms with Crippen molar-refractivity contribution in [3.63, 3.8) is 0 Å². The van der Waals surface area contributed by atoms with Gasteiger partial charge in [-0.25, -0.2) is 0 Å². The molecule has 0 heterocycles. The number of nitriles is 1. The van der Waals surface area contributed by atoms with Gasteiger partial charge in [-0.2, -0.15) is 5.26 Å². The minimum absolute atomic E-state index is 0.0660. The van der Waals surface area contributed by atoms with E-state index in [1.165, 1.54) is 6.92 Å². The van der Waals surface area contributed by atoms with Crippen LogP contribution in [-0.4, -0.2) is 12.6 Å². The molecule has 1 rings (SSSR count). The predicted molar refractivity (Wildman–Crippen MR) is 66.5 cm³/mol. The molecule has 0 fully saturated rings. The van der Waals surface area contributed by atoms with Crippen LogP contribution in [0.4, 0.5) is 0 Å². The summed E-state index contributed by atoms with van der Waals surface area (Å²) in [5, 5.41) is 9.71. The van der Waals surface area contributed by atoms with Gasteiger partial charge in [0, 0.05) is 6.92 Å². The molecule has 1 aromatic rings. The molecule has 6 heteroatoms. The van der Waals surface area contributed by atoms with Gasteiger partial charge in [0.1, 0.15) is 12.5 Å². The minimum Gasteiger partial charge on any atom is -0.464 e. The molecular formula is C11H8Cl3NO2. The van der Waals surface area contributed by atoms with Crippen LogP contribution in [0.25, 0.3) is 0 Å². The van der Waals surface area contributed by atoms with Crippen LogP contribution in [0.15, 0.2) is 12.1 Å². The molecule has 0 saturated heterocycles. The molecule has 1 atom stereocenters. The second-order valence-electron chi connectivity index (χ2n) is 3.25. The number of carbonyl (C=O) groups excluding carboxylic acids is 1. The van der Waals surface area contributed by atoms with Gasteiger partial charge >= 0.3 is 5.97 Å². The maximum atomic E-state index is 10.7. The van der Waals surface area contributed by atoms with Gasteiger partial charge in [-0.15, -0.1) is 0 Å². The summed E-state index contributed by atoms with van der Waals surface area (Å²) in [7, 11) is 0. The number of hydrogen-bond donors (Lipinski definition) is 0. The zero-order valence-electron chi connectivity index (χ0n) is 8.84. The molecule has 0 aromatic heterocycles. The van der Waals surface area contributed by atoms with Gasteiger partial charge in [-0.1, -0.05) is 40.9 Å². The van der Waals surface area contributed by atoms with Crippen LogP contribution in [0.1, 0.15) is 18.4 Å². The van der Waals surface area contributed by atoms with Crippen molar-refractivity contribution in [3.05, 3.63) is 32.8 Å². The van der Waals surface area contributed by atoms with E-state index in [0.29, 0.717) is 10.6 Å². The van der Waals surface area contributed by atoms with Crippen LogP contribution >= 0.6 is 34.8 Å². The smallest absolute Gasteiger partial charge is 0.302 e. The van der Waals surface area contributed by atoms with Crippen LogP contribution in [-0.2, 0) is 9.53 Å². The lowest BCUT2D eigenvalue weighted by Crippen LogP contribution is -2.09. The molecule has 0 spiro atoms. The van der Waals surface area contributed by atoms with Gasteiger partial charge < -0.3 is 4.74 Å². The summed E-state index contributed by atoms with van der Waals surface area (Å²) in [5.74, 6) is -1.12. The Kier molecular flexibility index (Phi) is 5.07. The van der Waals surface area contributed by atoms with Crippen molar-refractivity contribution >= 4 is 40.8 Å². The third-order valence-electron chi connectivity index (χ3n) is 2.05. The summed E-state index contributed by atoms with van der Waals surface area (Å²) in [6.45, 7) is 1.20. The molecule has 90 valence electrons. The molecule has 0 aliphatic rings.